The molecule has 0 aromatic heterocycles. The van der Waals surface area contributed by atoms with Gasteiger partial charge in [0.25, 0.3) is 0 Å². The summed E-state index contributed by atoms with van der Waals surface area (Å²) in [5.41, 5.74) is -1.49. The molecule has 246 valence electrons. The smallest absolute Gasteiger partial charge is 0.457 e. The second kappa shape index (κ2) is 13.7. The number of benzene rings is 1. The Balaban J connectivity index is 1.88. The molecule has 11 heteroatoms. The van der Waals surface area contributed by atoms with Crippen molar-refractivity contribution in [3.8, 4) is 0 Å². The fourth-order valence-electron chi connectivity index (χ4n) is 5.42. The number of likely N-dealkylation sites (tertiary alicyclic amines) is 1. The van der Waals surface area contributed by atoms with Gasteiger partial charge in [0.1, 0.15) is 17.8 Å². The number of piperidine rings is 1. The molecular weight excluding hydrogens is 563 g/mol. The Kier molecular flexibility index (Phi) is 11.1. The summed E-state index contributed by atoms with van der Waals surface area (Å²) < 4.78 is 29.7. The number of hydrogen-bond acceptors (Lipinski definition) is 8. The van der Waals surface area contributed by atoms with Crippen LogP contribution < -0.4 is 0 Å². The first-order valence-corrected chi connectivity index (χ1v) is 15.7. The van der Waals surface area contributed by atoms with E-state index in [0.29, 0.717) is 25.6 Å². The minimum atomic E-state index is -0.752. The van der Waals surface area contributed by atoms with Crippen LogP contribution in [0.15, 0.2) is 30.3 Å². The van der Waals surface area contributed by atoms with Gasteiger partial charge in [0.15, 0.2) is 0 Å². The summed E-state index contributed by atoms with van der Waals surface area (Å²) >= 11 is 0. The van der Waals surface area contributed by atoms with E-state index in [1.165, 1.54) is 4.90 Å². The molecule has 44 heavy (non-hydrogen) atoms. The van der Waals surface area contributed by atoms with E-state index >= 15 is 0 Å². The first-order chi connectivity index (χ1) is 20.2. The molecule has 1 aromatic carbocycles. The number of esters is 1. The average Bonchev–Trinajstić information content (AvgIpc) is 3.10. The zero-order chi connectivity index (χ0) is 33.1. The highest BCUT2D eigenvalue weighted by Crippen LogP contribution is 2.39. The van der Waals surface area contributed by atoms with Crippen LogP contribution in [-0.4, -0.2) is 83.2 Å². The third kappa shape index (κ3) is 9.61. The van der Waals surface area contributed by atoms with E-state index in [2.05, 4.69) is 0 Å². The maximum absolute atomic E-state index is 13.8. The van der Waals surface area contributed by atoms with Crippen molar-refractivity contribution < 1.29 is 37.9 Å². The zero-order valence-electron chi connectivity index (χ0n) is 28.6. The molecule has 10 nitrogen and oxygen atoms in total. The quantitative estimate of drug-likeness (QED) is 0.186. The lowest BCUT2D eigenvalue weighted by molar-refractivity contribution is -0.155. The summed E-state index contributed by atoms with van der Waals surface area (Å²) in [4.78, 5) is 43.7. The number of carbonyl (C=O) groups is 3. The molecule has 1 aromatic rings. The molecule has 0 N–H and O–H groups in total. The lowest BCUT2D eigenvalue weighted by Crippen LogP contribution is -2.60. The second-order valence-electron chi connectivity index (χ2n) is 15.0. The molecule has 2 saturated heterocycles. The van der Waals surface area contributed by atoms with E-state index < -0.39 is 65.7 Å². The van der Waals surface area contributed by atoms with Crippen LogP contribution in [-0.2, 0) is 34.9 Å². The molecule has 2 heterocycles. The van der Waals surface area contributed by atoms with Crippen molar-refractivity contribution in [3.63, 3.8) is 0 Å². The van der Waals surface area contributed by atoms with E-state index in [9.17, 15) is 14.4 Å². The monoisotopic (exact) mass is 616 g/mol. The van der Waals surface area contributed by atoms with Gasteiger partial charge in [-0.05, 0) is 94.0 Å². The van der Waals surface area contributed by atoms with E-state index in [1.807, 2.05) is 58.0 Å². The normalized spacial score (nSPS) is 23.2. The minimum Gasteiger partial charge on any atom is -0.461 e. The van der Waals surface area contributed by atoms with Gasteiger partial charge in [-0.15, -0.1) is 0 Å². The minimum absolute atomic E-state index is 0.107. The Hall–Kier alpha value is -2.79. The largest absolute Gasteiger partial charge is 0.461 e. The van der Waals surface area contributed by atoms with E-state index in [-0.39, 0.29) is 13.2 Å². The Bertz CT molecular complexity index is 1130. The highest BCUT2D eigenvalue weighted by Gasteiger charge is 2.51. The molecule has 2 amide bonds. The van der Waals surface area contributed by atoms with Gasteiger partial charge in [-0.1, -0.05) is 36.8 Å². The molecule has 2 fully saturated rings. The van der Waals surface area contributed by atoms with Gasteiger partial charge in [-0.25, -0.2) is 9.59 Å². The summed E-state index contributed by atoms with van der Waals surface area (Å²) in [6.45, 7) is 19.2. The van der Waals surface area contributed by atoms with Gasteiger partial charge in [0.2, 0.25) is 0 Å². The summed E-state index contributed by atoms with van der Waals surface area (Å²) in [5.74, 6) is -1.13. The molecule has 3 rings (SSSR count). The van der Waals surface area contributed by atoms with Crippen LogP contribution >= 0.6 is 0 Å². The van der Waals surface area contributed by atoms with E-state index in [1.54, 1.807) is 53.5 Å². The molecule has 0 bridgehead atoms. The lowest BCUT2D eigenvalue weighted by atomic mass is 9.78. The predicted molar refractivity (Wildman–Crippen MR) is 169 cm³/mol. The number of amides is 2. The topological polar surface area (TPSA) is 104 Å². The number of likely N-dealkylation sites (N-methyl/N-ethyl adjacent to an activating group) is 1. The first kappa shape index (κ1) is 35.7. The van der Waals surface area contributed by atoms with Crippen LogP contribution in [0.1, 0.15) is 94.1 Å². The molecule has 0 radical (unpaired) electrons. The van der Waals surface area contributed by atoms with Crippen LogP contribution in [0.3, 0.4) is 0 Å². The summed E-state index contributed by atoms with van der Waals surface area (Å²) in [6, 6.07) is 8.45. The summed E-state index contributed by atoms with van der Waals surface area (Å²) in [6.07, 6.45) is 0.971. The molecule has 2 aliphatic heterocycles. The van der Waals surface area contributed by atoms with Crippen LogP contribution in [0, 0.1) is 5.92 Å². The van der Waals surface area contributed by atoms with Gasteiger partial charge < -0.3 is 33.3 Å². The van der Waals surface area contributed by atoms with Gasteiger partial charge in [-0.2, -0.15) is 0 Å². The van der Waals surface area contributed by atoms with E-state index in [0.717, 1.165) is 5.56 Å². The van der Waals surface area contributed by atoms with Crippen LogP contribution in [0.25, 0.3) is 0 Å². The van der Waals surface area contributed by atoms with Crippen LogP contribution in [0.4, 0.5) is 9.59 Å². The van der Waals surface area contributed by atoms with Crippen molar-refractivity contribution in [2.45, 2.75) is 136 Å². The number of rotatable bonds is 8. The zero-order valence-corrected chi connectivity index (χ0v) is 28.6. The second-order valence-corrected chi connectivity index (χ2v) is 15.0. The van der Waals surface area contributed by atoms with Crippen LogP contribution in [0.5, 0.6) is 0 Å². The van der Waals surface area contributed by atoms with Crippen molar-refractivity contribution in [2.75, 3.05) is 13.6 Å². The van der Waals surface area contributed by atoms with Gasteiger partial charge in [-0.3, -0.25) is 4.79 Å². The number of carbonyl (C=O) groups excluding carboxylic acids is 3. The van der Waals surface area contributed by atoms with Gasteiger partial charge >= 0.3 is 25.3 Å². The molecule has 1 unspecified atom stereocenters. The SMILES string of the molecule is CN(C(=O)OC(C)(C)C)[C@@H]1C[C@H](C(=O)OCc2ccccc2)C(CCCB2OC(C)(C)C(C)(C)O2)N(C(=O)OC(C)(C)C)C1. The molecular formula is C33H53BN2O8. The predicted octanol–water partition coefficient (Wildman–Crippen LogP) is 6.46. The Labute approximate surface area is 264 Å². The first-order valence-electron chi connectivity index (χ1n) is 15.7. The fourth-order valence-corrected chi connectivity index (χ4v) is 5.42. The lowest BCUT2D eigenvalue weighted by Gasteiger charge is -2.46. The molecule has 0 spiro atoms. The Morgan fingerprint density at radius 2 is 1.52 bits per heavy atom. The highest BCUT2D eigenvalue weighted by atomic mass is 16.7. The number of nitrogens with zero attached hydrogens (tertiary/aromatic N) is 2. The van der Waals surface area contributed by atoms with Crippen molar-refractivity contribution in [2.24, 2.45) is 5.92 Å². The Morgan fingerprint density at radius 1 is 0.955 bits per heavy atom. The van der Waals surface area contributed by atoms with Crippen molar-refractivity contribution in [1.29, 1.82) is 0 Å². The van der Waals surface area contributed by atoms with Crippen LogP contribution in [0.2, 0.25) is 6.32 Å². The molecule has 3 atom stereocenters. The number of hydrogen-bond donors (Lipinski definition) is 0. The standard InChI is InChI=1S/C33H53BN2O8/c1-30(2,3)41-28(38)35(11)24-20-25(27(37)40-22-23-16-13-12-14-17-23)26(36(21-24)29(39)42-31(4,5)6)18-15-19-34-43-32(7,8)33(9,10)44-34/h12-14,16-17,24-26H,15,18-22H2,1-11H3/t24-,25+,26?/m1/s1. The maximum atomic E-state index is 13.8. The Morgan fingerprint density at radius 3 is 2.07 bits per heavy atom. The molecule has 0 aliphatic carbocycles. The average molecular weight is 617 g/mol. The highest BCUT2D eigenvalue weighted by molar-refractivity contribution is 6.45. The molecule has 2 aliphatic rings. The fraction of sp³-hybridized carbons (Fsp3) is 0.727. The van der Waals surface area contributed by atoms with Crippen molar-refractivity contribution >= 4 is 25.3 Å². The number of ether oxygens (including phenoxy) is 3. The van der Waals surface area contributed by atoms with Crippen molar-refractivity contribution in [3.05, 3.63) is 35.9 Å². The molecule has 0 saturated carbocycles. The van der Waals surface area contributed by atoms with Crippen molar-refractivity contribution in [1.82, 2.24) is 9.80 Å². The maximum Gasteiger partial charge on any atom is 0.457 e. The summed E-state index contributed by atoms with van der Waals surface area (Å²) in [7, 11) is 1.24. The van der Waals surface area contributed by atoms with Gasteiger partial charge in [0, 0.05) is 19.6 Å². The van der Waals surface area contributed by atoms with Gasteiger partial charge in [0.05, 0.1) is 23.2 Å². The summed E-state index contributed by atoms with van der Waals surface area (Å²) in [5, 5.41) is 0. The third-order valence-electron chi connectivity index (χ3n) is 8.42. The van der Waals surface area contributed by atoms with E-state index in [4.69, 9.17) is 23.5 Å². The third-order valence-corrected chi connectivity index (χ3v) is 8.42.